The molecule has 0 N–H and O–H groups in total. The fraction of sp³-hybridized carbons (Fsp3) is 1.00. The van der Waals surface area contributed by atoms with Crippen LogP contribution in [0.2, 0.25) is 0 Å². The van der Waals surface area contributed by atoms with Gasteiger partial charge in [0.15, 0.2) is 0 Å². The minimum atomic E-state index is -0.575. The van der Waals surface area contributed by atoms with Crippen molar-refractivity contribution in [2.24, 2.45) is 5.92 Å². The van der Waals surface area contributed by atoms with E-state index in [0.29, 0.717) is 12.5 Å². The number of alkyl halides is 1. The molecule has 1 fully saturated rings. The second-order valence-electron chi connectivity index (χ2n) is 3.62. The van der Waals surface area contributed by atoms with Gasteiger partial charge in [0.25, 0.3) is 0 Å². The van der Waals surface area contributed by atoms with E-state index in [9.17, 15) is 4.39 Å². The fourth-order valence-electron chi connectivity index (χ4n) is 1.80. The molecule has 0 amide bonds. The maximum absolute atomic E-state index is 13.2. The first kappa shape index (κ1) is 8.98. The molecule has 2 atom stereocenters. The van der Waals surface area contributed by atoms with Crippen LogP contribution in [0.4, 0.5) is 4.39 Å². The Morgan fingerprint density at radius 3 is 2.82 bits per heavy atom. The average molecular weight is 159 g/mol. The molecule has 0 spiro atoms. The molecule has 11 heavy (non-hydrogen) atoms. The first-order valence-corrected chi connectivity index (χ1v) is 4.56. The van der Waals surface area contributed by atoms with Crippen LogP contribution in [-0.4, -0.2) is 31.2 Å². The average Bonchev–Trinajstić information content (AvgIpc) is 1.95. The SMILES string of the molecule is CCCC1CCN(C)C[C@@H]1F. The molecule has 2 heteroatoms. The van der Waals surface area contributed by atoms with E-state index in [0.717, 1.165) is 25.8 Å². The third-order valence-electron chi connectivity index (χ3n) is 2.54. The Balaban J connectivity index is 2.31. The van der Waals surface area contributed by atoms with Crippen LogP contribution in [0.1, 0.15) is 26.2 Å². The summed E-state index contributed by atoms with van der Waals surface area (Å²) in [7, 11) is 1.99. The second kappa shape index (κ2) is 4.05. The van der Waals surface area contributed by atoms with Gasteiger partial charge in [-0.1, -0.05) is 13.3 Å². The second-order valence-corrected chi connectivity index (χ2v) is 3.62. The largest absolute Gasteiger partial charge is 0.303 e. The van der Waals surface area contributed by atoms with Crippen LogP contribution in [0, 0.1) is 5.92 Å². The number of rotatable bonds is 2. The predicted octanol–water partition coefficient (Wildman–Crippen LogP) is 2.08. The van der Waals surface area contributed by atoms with Gasteiger partial charge in [0.05, 0.1) is 0 Å². The fourth-order valence-corrected chi connectivity index (χ4v) is 1.80. The van der Waals surface area contributed by atoms with Gasteiger partial charge in [-0.15, -0.1) is 0 Å². The third-order valence-corrected chi connectivity index (χ3v) is 2.54. The van der Waals surface area contributed by atoms with E-state index in [2.05, 4.69) is 11.8 Å². The van der Waals surface area contributed by atoms with E-state index in [-0.39, 0.29) is 0 Å². The highest BCUT2D eigenvalue weighted by Gasteiger charge is 2.26. The normalized spacial score (nSPS) is 34.1. The number of hydrogen-bond acceptors (Lipinski definition) is 1. The minimum Gasteiger partial charge on any atom is -0.303 e. The molecular weight excluding hydrogens is 141 g/mol. The lowest BCUT2D eigenvalue weighted by atomic mass is 9.91. The highest BCUT2D eigenvalue weighted by Crippen LogP contribution is 2.23. The van der Waals surface area contributed by atoms with Crippen molar-refractivity contribution in [1.29, 1.82) is 0 Å². The number of piperidine rings is 1. The Bertz CT molecular complexity index is 116. The molecule has 0 aromatic rings. The van der Waals surface area contributed by atoms with Gasteiger partial charge in [-0.05, 0) is 32.4 Å². The summed E-state index contributed by atoms with van der Waals surface area (Å²) >= 11 is 0. The van der Waals surface area contributed by atoms with Crippen LogP contribution in [0.3, 0.4) is 0 Å². The van der Waals surface area contributed by atoms with Gasteiger partial charge in [0, 0.05) is 6.54 Å². The van der Waals surface area contributed by atoms with Crippen molar-refractivity contribution in [1.82, 2.24) is 4.90 Å². The number of nitrogens with zero attached hydrogens (tertiary/aromatic N) is 1. The molecular formula is C9H18FN. The van der Waals surface area contributed by atoms with Gasteiger partial charge in [-0.3, -0.25) is 0 Å². The first-order chi connectivity index (χ1) is 5.24. The van der Waals surface area contributed by atoms with E-state index in [1.54, 1.807) is 0 Å². The van der Waals surface area contributed by atoms with E-state index < -0.39 is 6.17 Å². The zero-order chi connectivity index (χ0) is 8.27. The van der Waals surface area contributed by atoms with Crippen LogP contribution in [0.5, 0.6) is 0 Å². The molecule has 1 aliphatic rings. The molecule has 1 unspecified atom stereocenters. The summed E-state index contributed by atoms with van der Waals surface area (Å²) in [6, 6.07) is 0. The summed E-state index contributed by atoms with van der Waals surface area (Å²) in [6.45, 7) is 3.85. The quantitative estimate of drug-likeness (QED) is 0.596. The van der Waals surface area contributed by atoms with Crippen molar-refractivity contribution < 1.29 is 4.39 Å². The molecule has 1 aliphatic heterocycles. The first-order valence-electron chi connectivity index (χ1n) is 4.56. The van der Waals surface area contributed by atoms with Gasteiger partial charge in [0.1, 0.15) is 6.17 Å². The molecule has 1 saturated heterocycles. The summed E-state index contributed by atoms with van der Waals surface area (Å²) in [6.07, 6.45) is 2.66. The van der Waals surface area contributed by atoms with E-state index in [4.69, 9.17) is 0 Å². The van der Waals surface area contributed by atoms with Crippen molar-refractivity contribution >= 4 is 0 Å². The summed E-state index contributed by atoms with van der Waals surface area (Å²) in [5, 5.41) is 0. The maximum atomic E-state index is 13.2. The summed E-state index contributed by atoms with van der Waals surface area (Å²) in [5.74, 6) is 0.344. The highest BCUT2D eigenvalue weighted by molar-refractivity contribution is 4.78. The Kier molecular flexibility index (Phi) is 3.31. The van der Waals surface area contributed by atoms with Crippen LogP contribution >= 0.6 is 0 Å². The monoisotopic (exact) mass is 159 g/mol. The molecule has 0 aromatic carbocycles. The smallest absolute Gasteiger partial charge is 0.116 e. The Labute approximate surface area is 68.6 Å². The van der Waals surface area contributed by atoms with Crippen LogP contribution < -0.4 is 0 Å². The maximum Gasteiger partial charge on any atom is 0.116 e. The lowest BCUT2D eigenvalue weighted by Crippen LogP contribution is -2.39. The van der Waals surface area contributed by atoms with Crippen LogP contribution in [0.15, 0.2) is 0 Å². The lowest BCUT2D eigenvalue weighted by molar-refractivity contribution is 0.0967. The Morgan fingerprint density at radius 2 is 2.27 bits per heavy atom. The van der Waals surface area contributed by atoms with Gasteiger partial charge >= 0.3 is 0 Å². The lowest BCUT2D eigenvalue weighted by Gasteiger charge is -2.31. The predicted molar refractivity (Wildman–Crippen MR) is 45.4 cm³/mol. The van der Waals surface area contributed by atoms with Crippen LogP contribution in [0.25, 0.3) is 0 Å². The zero-order valence-electron chi connectivity index (χ0n) is 7.52. The van der Waals surface area contributed by atoms with Gasteiger partial charge in [0.2, 0.25) is 0 Å². The molecule has 0 saturated carbocycles. The summed E-state index contributed by atoms with van der Waals surface area (Å²) < 4.78 is 13.2. The number of likely N-dealkylation sites (tertiary alicyclic amines) is 1. The van der Waals surface area contributed by atoms with Crippen molar-refractivity contribution in [2.45, 2.75) is 32.4 Å². The van der Waals surface area contributed by atoms with E-state index in [1.165, 1.54) is 0 Å². The Hall–Kier alpha value is -0.110. The number of halogens is 1. The van der Waals surface area contributed by atoms with Crippen LogP contribution in [-0.2, 0) is 0 Å². The molecule has 0 aliphatic carbocycles. The van der Waals surface area contributed by atoms with Crippen molar-refractivity contribution in [2.75, 3.05) is 20.1 Å². The molecule has 66 valence electrons. The summed E-state index contributed by atoms with van der Waals surface area (Å²) in [4.78, 5) is 2.08. The van der Waals surface area contributed by atoms with Crippen molar-refractivity contribution in [3.8, 4) is 0 Å². The topological polar surface area (TPSA) is 3.24 Å². The Morgan fingerprint density at radius 1 is 1.55 bits per heavy atom. The standard InChI is InChI=1S/C9H18FN/c1-3-4-8-5-6-11(2)7-9(8)10/h8-9H,3-7H2,1-2H3/t8?,9-/m0/s1. The van der Waals surface area contributed by atoms with Gasteiger partial charge < -0.3 is 4.90 Å². The number of hydrogen-bond donors (Lipinski definition) is 0. The molecule has 1 rings (SSSR count). The minimum absolute atomic E-state index is 0.344. The van der Waals surface area contributed by atoms with E-state index in [1.807, 2.05) is 7.05 Å². The molecule has 0 radical (unpaired) electrons. The highest BCUT2D eigenvalue weighted by atomic mass is 19.1. The third kappa shape index (κ3) is 2.44. The summed E-state index contributed by atoms with van der Waals surface area (Å²) in [5.41, 5.74) is 0. The molecule has 0 aromatic heterocycles. The zero-order valence-corrected chi connectivity index (χ0v) is 7.52. The molecule has 0 bridgehead atoms. The van der Waals surface area contributed by atoms with E-state index >= 15 is 0 Å². The molecule has 1 heterocycles. The molecule has 1 nitrogen and oxygen atoms in total. The van der Waals surface area contributed by atoms with Gasteiger partial charge in [-0.2, -0.15) is 0 Å². The van der Waals surface area contributed by atoms with Crippen molar-refractivity contribution in [3.05, 3.63) is 0 Å². The van der Waals surface area contributed by atoms with Gasteiger partial charge in [-0.25, -0.2) is 4.39 Å². The van der Waals surface area contributed by atoms with Crippen molar-refractivity contribution in [3.63, 3.8) is 0 Å².